The van der Waals surface area contributed by atoms with Crippen LogP contribution in [0.25, 0.3) is 0 Å². The van der Waals surface area contributed by atoms with Gasteiger partial charge in [-0.05, 0) is 37.1 Å². The lowest BCUT2D eigenvalue weighted by atomic mass is 10.2. The molecule has 2 atom stereocenters. The van der Waals surface area contributed by atoms with Crippen molar-refractivity contribution in [2.75, 3.05) is 26.4 Å². The van der Waals surface area contributed by atoms with E-state index in [1.807, 2.05) is 62.4 Å². The molecule has 2 aliphatic rings. The minimum atomic E-state index is 0.338. The van der Waals surface area contributed by atoms with Gasteiger partial charge in [-0.25, -0.2) is 0 Å². The molecular weight excluding hydrogens is 376 g/mol. The highest BCUT2D eigenvalue weighted by molar-refractivity contribution is 5.32. The predicted octanol–water partition coefficient (Wildman–Crippen LogP) is 6.38. The van der Waals surface area contributed by atoms with Gasteiger partial charge in [0.15, 0.2) is 0 Å². The van der Waals surface area contributed by atoms with Gasteiger partial charge < -0.3 is 18.9 Å². The summed E-state index contributed by atoms with van der Waals surface area (Å²) in [6.45, 7) is 15.7. The molecule has 0 aliphatic carbocycles. The number of rotatable bonds is 6. The molecule has 2 aromatic carbocycles. The van der Waals surface area contributed by atoms with E-state index in [1.54, 1.807) is 0 Å². The first-order valence-electron chi connectivity index (χ1n) is 11.2. The average Bonchev–Trinajstić information content (AvgIpc) is 3.64. The largest absolute Gasteiger partial charge is 0.491 e. The van der Waals surface area contributed by atoms with Gasteiger partial charge >= 0.3 is 0 Å². The molecule has 168 valence electrons. The third-order valence-electron chi connectivity index (χ3n) is 3.84. The Morgan fingerprint density at radius 3 is 1.23 bits per heavy atom. The molecule has 2 heterocycles. The summed E-state index contributed by atoms with van der Waals surface area (Å²) in [7, 11) is 0. The van der Waals surface area contributed by atoms with Crippen LogP contribution in [0.1, 0.15) is 51.7 Å². The molecule has 2 fully saturated rings. The molecule has 0 radical (unpaired) electrons. The maximum Gasteiger partial charge on any atom is 0.122 e. The molecule has 0 N–H and O–H groups in total. The summed E-state index contributed by atoms with van der Waals surface area (Å²) in [6.07, 6.45) is 3.18. The number of ether oxygens (including phenoxy) is 4. The van der Waals surface area contributed by atoms with Crippen LogP contribution in [0.15, 0.2) is 48.5 Å². The molecule has 4 heteroatoms. The Labute approximate surface area is 183 Å². The fourth-order valence-corrected chi connectivity index (χ4v) is 2.13. The topological polar surface area (TPSA) is 43.5 Å². The second-order valence-electron chi connectivity index (χ2n) is 7.48. The van der Waals surface area contributed by atoms with Crippen LogP contribution in [-0.4, -0.2) is 38.6 Å². The number of epoxide rings is 2. The first-order chi connectivity index (χ1) is 14.5. The molecular formula is C26H40O4. The Kier molecular flexibility index (Phi) is 13.7. The van der Waals surface area contributed by atoms with Crippen molar-refractivity contribution in [3.8, 4) is 11.5 Å². The maximum atomic E-state index is 5.54. The van der Waals surface area contributed by atoms with Crippen LogP contribution in [-0.2, 0) is 9.47 Å². The van der Waals surface area contributed by atoms with Crippen molar-refractivity contribution < 1.29 is 18.9 Å². The number of hydrogen-bond donors (Lipinski definition) is 0. The molecule has 0 saturated carbocycles. The van der Waals surface area contributed by atoms with Crippen LogP contribution in [0, 0.1) is 13.8 Å². The van der Waals surface area contributed by atoms with E-state index in [9.17, 15) is 0 Å². The zero-order chi connectivity index (χ0) is 22.2. The minimum absolute atomic E-state index is 0.338. The van der Waals surface area contributed by atoms with E-state index in [0.717, 1.165) is 24.7 Å². The predicted molar refractivity (Wildman–Crippen MR) is 125 cm³/mol. The summed E-state index contributed by atoms with van der Waals surface area (Å²) in [5, 5.41) is 0. The Morgan fingerprint density at radius 2 is 0.967 bits per heavy atom. The van der Waals surface area contributed by atoms with Crippen molar-refractivity contribution in [2.45, 2.75) is 66.6 Å². The van der Waals surface area contributed by atoms with E-state index >= 15 is 0 Å². The van der Waals surface area contributed by atoms with Gasteiger partial charge in [0.1, 0.15) is 36.9 Å². The summed E-state index contributed by atoms with van der Waals surface area (Å²) in [5.74, 6) is 1.93. The normalized spacial score (nSPS) is 17.7. The van der Waals surface area contributed by atoms with E-state index in [1.165, 1.54) is 24.0 Å². The van der Waals surface area contributed by atoms with Crippen molar-refractivity contribution >= 4 is 0 Å². The number of aryl methyl sites for hydroxylation is 2. The van der Waals surface area contributed by atoms with E-state index in [-0.39, 0.29) is 0 Å². The molecule has 2 aromatic rings. The monoisotopic (exact) mass is 416 g/mol. The molecule has 30 heavy (non-hydrogen) atoms. The summed E-state index contributed by atoms with van der Waals surface area (Å²) in [6, 6.07) is 16.0. The van der Waals surface area contributed by atoms with E-state index in [4.69, 9.17) is 18.9 Å². The lowest BCUT2D eigenvalue weighted by Gasteiger charge is -2.06. The lowest BCUT2D eigenvalue weighted by Crippen LogP contribution is -2.04. The van der Waals surface area contributed by atoms with Gasteiger partial charge in [-0.1, -0.05) is 76.9 Å². The SMILES string of the molecule is CCC.CCC.Cc1ccccc1OCC1CO1.Cc1ccccc1OCC1CO1. The first-order valence-corrected chi connectivity index (χ1v) is 11.2. The summed E-state index contributed by atoms with van der Waals surface area (Å²) >= 11 is 0. The summed E-state index contributed by atoms with van der Waals surface area (Å²) < 4.78 is 21.2. The van der Waals surface area contributed by atoms with Gasteiger partial charge in [0, 0.05) is 0 Å². The van der Waals surface area contributed by atoms with Gasteiger partial charge in [-0.15, -0.1) is 0 Å². The molecule has 0 spiro atoms. The van der Waals surface area contributed by atoms with Crippen molar-refractivity contribution in [1.29, 1.82) is 0 Å². The average molecular weight is 417 g/mol. The van der Waals surface area contributed by atoms with E-state index in [0.29, 0.717) is 25.4 Å². The van der Waals surface area contributed by atoms with Crippen LogP contribution >= 0.6 is 0 Å². The molecule has 0 bridgehead atoms. The zero-order valence-corrected chi connectivity index (χ0v) is 19.6. The van der Waals surface area contributed by atoms with E-state index < -0.39 is 0 Å². The molecule has 4 nitrogen and oxygen atoms in total. The summed E-state index contributed by atoms with van der Waals surface area (Å²) in [5.41, 5.74) is 2.36. The quantitative estimate of drug-likeness (QED) is 0.513. The lowest BCUT2D eigenvalue weighted by molar-refractivity contribution is 0.262. The summed E-state index contributed by atoms with van der Waals surface area (Å²) in [4.78, 5) is 0. The number of benzene rings is 2. The Balaban J connectivity index is 0.000000239. The number of hydrogen-bond acceptors (Lipinski definition) is 4. The standard InChI is InChI=1S/2C10H12O2.2C3H8/c2*1-8-4-2-3-5-10(8)12-7-9-6-11-9;2*1-3-2/h2*2-5,9H,6-7H2,1H3;2*3H2,1-2H3. The van der Waals surface area contributed by atoms with Gasteiger partial charge in [0.2, 0.25) is 0 Å². The van der Waals surface area contributed by atoms with Gasteiger partial charge in [-0.2, -0.15) is 0 Å². The third-order valence-corrected chi connectivity index (χ3v) is 3.84. The van der Waals surface area contributed by atoms with Crippen molar-refractivity contribution in [3.05, 3.63) is 59.7 Å². The second kappa shape index (κ2) is 15.8. The highest BCUT2D eigenvalue weighted by Gasteiger charge is 2.23. The highest BCUT2D eigenvalue weighted by Crippen LogP contribution is 2.19. The Hall–Kier alpha value is -2.04. The van der Waals surface area contributed by atoms with Gasteiger partial charge in [0.25, 0.3) is 0 Å². The van der Waals surface area contributed by atoms with Crippen LogP contribution in [0.2, 0.25) is 0 Å². The van der Waals surface area contributed by atoms with Crippen LogP contribution < -0.4 is 9.47 Å². The Morgan fingerprint density at radius 1 is 0.667 bits per heavy atom. The van der Waals surface area contributed by atoms with Crippen LogP contribution in [0.3, 0.4) is 0 Å². The fraction of sp³-hybridized carbons (Fsp3) is 0.538. The molecule has 2 saturated heterocycles. The van der Waals surface area contributed by atoms with Crippen molar-refractivity contribution in [2.24, 2.45) is 0 Å². The van der Waals surface area contributed by atoms with Gasteiger partial charge in [0.05, 0.1) is 13.2 Å². The highest BCUT2D eigenvalue weighted by atomic mass is 16.6. The van der Waals surface area contributed by atoms with Crippen molar-refractivity contribution in [3.63, 3.8) is 0 Å². The molecule has 2 aliphatic heterocycles. The molecule has 4 rings (SSSR count). The van der Waals surface area contributed by atoms with E-state index in [2.05, 4.69) is 27.7 Å². The molecule has 0 aromatic heterocycles. The second-order valence-corrected chi connectivity index (χ2v) is 7.48. The maximum absolute atomic E-state index is 5.54. The zero-order valence-electron chi connectivity index (χ0n) is 19.6. The molecule has 2 unspecified atom stereocenters. The van der Waals surface area contributed by atoms with Gasteiger partial charge in [-0.3, -0.25) is 0 Å². The van der Waals surface area contributed by atoms with Crippen molar-refractivity contribution in [1.82, 2.24) is 0 Å². The minimum Gasteiger partial charge on any atom is -0.491 e. The number of para-hydroxylation sites is 2. The first kappa shape index (κ1) is 26.0. The molecule has 0 amide bonds. The Bertz CT molecular complexity index is 619. The van der Waals surface area contributed by atoms with Crippen LogP contribution in [0.4, 0.5) is 0 Å². The third kappa shape index (κ3) is 12.5. The fourth-order valence-electron chi connectivity index (χ4n) is 2.13. The smallest absolute Gasteiger partial charge is 0.122 e. The van der Waals surface area contributed by atoms with Crippen LogP contribution in [0.5, 0.6) is 11.5 Å².